The van der Waals surface area contributed by atoms with Crippen LogP contribution in [-0.2, 0) is 4.79 Å². The van der Waals surface area contributed by atoms with Crippen LogP contribution < -0.4 is 4.74 Å². The zero-order chi connectivity index (χ0) is 16.1. The topological polar surface area (TPSA) is 46.6 Å². The highest BCUT2D eigenvalue weighted by Crippen LogP contribution is 2.32. The first-order chi connectivity index (χ1) is 10.6. The highest BCUT2D eigenvalue weighted by atomic mass is 127. The number of ether oxygens (including phenoxy) is 1. The number of halogens is 1. The van der Waals surface area contributed by atoms with Gasteiger partial charge in [-0.2, -0.15) is 0 Å². The summed E-state index contributed by atoms with van der Waals surface area (Å²) in [5.74, 6) is 5.01. The molecule has 1 aliphatic rings. The maximum atomic E-state index is 12.1. The van der Waals surface area contributed by atoms with Crippen molar-refractivity contribution in [2.75, 3.05) is 13.2 Å². The zero-order valence-electron chi connectivity index (χ0n) is 11.3. The fraction of sp³-hybridized carbons (Fsp3) is 0.125. The van der Waals surface area contributed by atoms with Gasteiger partial charge in [0.25, 0.3) is 11.1 Å². The van der Waals surface area contributed by atoms with Gasteiger partial charge in [-0.05, 0) is 58.1 Å². The van der Waals surface area contributed by atoms with Crippen LogP contribution in [0.5, 0.6) is 5.75 Å². The molecule has 0 N–H and O–H groups in total. The molecule has 1 aromatic rings. The highest BCUT2D eigenvalue weighted by Gasteiger charge is 2.34. The van der Waals surface area contributed by atoms with Crippen LogP contribution in [0.4, 0.5) is 4.79 Å². The number of benzene rings is 1. The molecule has 0 saturated carbocycles. The number of imide groups is 1. The van der Waals surface area contributed by atoms with Gasteiger partial charge in [-0.15, -0.1) is 12.8 Å². The van der Waals surface area contributed by atoms with Crippen LogP contribution in [0.1, 0.15) is 5.56 Å². The van der Waals surface area contributed by atoms with Gasteiger partial charge in [-0.1, -0.05) is 17.9 Å². The Morgan fingerprint density at radius 2 is 2.09 bits per heavy atom. The minimum absolute atomic E-state index is 0.0155. The number of carbonyl (C=O) groups excluding carboxylic acids is 2. The molecule has 0 radical (unpaired) electrons. The molecule has 1 fully saturated rings. The minimum atomic E-state index is -0.365. The van der Waals surface area contributed by atoms with Crippen LogP contribution in [-0.4, -0.2) is 29.2 Å². The van der Waals surface area contributed by atoms with Crippen LogP contribution in [0.2, 0.25) is 0 Å². The largest absolute Gasteiger partial charge is 0.480 e. The number of carbonyl (C=O) groups is 2. The average Bonchev–Trinajstić information content (AvgIpc) is 2.74. The van der Waals surface area contributed by atoms with Crippen molar-refractivity contribution in [3.05, 3.63) is 32.2 Å². The van der Waals surface area contributed by atoms with E-state index in [-0.39, 0.29) is 24.3 Å². The van der Waals surface area contributed by atoms with Crippen molar-refractivity contribution in [3.8, 4) is 30.4 Å². The second-order valence-electron chi connectivity index (χ2n) is 4.15. The lowest BCUT2D eigenvalue weighted by molar-refractivity contribution is -0.122. The molecule has 4 nitrogen and oxygen atoms in total. The summed E-state index contributed by atoms with van der Waals surface area (Å²) >= 11 is 3.00. The molecule has 0 aromatic heterocycles. The van der Waals surface area contributed by atoms with Crippen molar-refractivity contribution in [3.63, 3.8) is 0 Å². The summed E-state index contributed by atoms with van der Waals surface area (Å²) in [6, 6.07) is 5.42. The Balaban J connectivity index is 2.22. The molecule has 0 unspecified atom stereocenters. The number of nitrogens with zero attached hydrogens (tertiary/aromatic N) is 1. The van der Waals surface area contributed by atoms with Crippen LogP contribution in [0.25, 0.3) is 6.08 Å². The molecule has 0 spiro atoms. The van der Waals surface area contributed by atoms with E-state index in [0.717, 1.165) is 25.8 Å². The van der Waals surface area contributed by atoms with E-state index >= 15 is 0 Å². The smallest absolute Gasteiger partial charge is 0.294 e. The number of hydrogen-bond acceptors (Lipinski definition) is 4. The van der Waals surface area contributed by atoms with Gasteiger partial charge in [0.05, 0.1) is 15.0 Å². The van der Waals surface area contributed by atoms with E-state index in [9.17, 15) is 9.59 Å². The lowest BCUT2D eigenvalue weighted by Gasteiger charge is -2.07. The summed E-state index contributed by atoms with van der Waals surface area (Å²) < 4.78 is 6.24. The average molecular weight is 423 g/mol. The lowest BCUT2D eigenvalue weighted by atomic mass is 10.2. The number of rotatable bonds is 4. The third-order valence-electron chi connectivity index (χ3n) is 2.69. The van der Waals surface area contributed by atoms with E-state index in [1.165, 1.54) is 0 Å². The van der Waals surface area contributed by atoms with Crippen molar-refractivity contribution in [2.24, 2.45) is 0 Å². The van der Waals surface area contributed by atoms with E-state index in [1.54, 1.807) is 18.2 Å². The van der Waals surface area contributed by atoms with Crippen LogP contribution in [0.3, 0.4) is 0 Å². The molecule has 6 heteroatoms. The molecule has 110 valence electrons. The summed E-state index contributed by atoms with van der Waals surface area (Å²) in [5, 5.41) is -0.349. The molecule has 22 heavy (non-hydrogen) atoms. The van der Waals surface area contributed by atoms with Crippen LogP contribution >= 0.6 is 34.4 Å². The van der Waals surface area contributed by atoms with E-state index in [4.69, 9.17) is 17.6 Å². The Morgan fingerprint density at radius 1 is 1.32 bits per heavy atom. The van der Waals surface area contributed by atoms with Gasteiger partial charge in [0, 0.05) is 0 Å². The van der Waals surface area contributed by atoms with Gasteiger partial charge in [0.1, 0.15) is 12.4 Å². The Morgan fingerprint density at radius 3 is 2.73 bits per heavy atom. The fourth-order valence-electron chi connectivity index (χ4n) is 1.72. The molecule has 0 atom stereocenters. The zero-order valence-corrected chi connectivity index (χ0v) is 14.3. The Labute approximate surface area is 146 Å². The molecule has 1 aliphatic heterocycles. The highest BCUT2D eigenvalue weighted by molar-refractivity contribution is 14.1. The van der Waals surface area contributed by atoms with Crippen molar-refractivity contribution in [1.29, 1.82) is 0 Å². The SMILES string of the molecule is C#CCOc1ccc(/C=C2/SC(=O)N(CC#C)C2=O)cc1I. The third kappa shape index (κ3) is 3.65. The molecule has 2 rings (SSSR count). The first-order valence-corrected chi connectivity index (χ1v) is 8.01. The standard InChI is InChI=1S/C16H10INO3S/c1-3-7-18-15(19)14(22-16(18)20)10-11-5-6-13(12(17)9-11)21-8-4-2/h1-2,5-6,9-10H,7-8H2/b14-10+. The van der Waals surface area contributed by atoms with Gasteiger partial charge in [-0.25, -0.2) is 0 Å². The molecule has 1 heterocycles. The van der Waals surface area contributed by atoms with Crippen molar-refractivity contribution in [1.82, 2.24) is 4.90 Å². The Bertz CT molecular complexity index is 743. The Hall–Kier alpha value is -1.90. The summed E-state index contributed by atoms with van der Waals surface area (Å²) in [5.41, 5.74) is 0.795. The van der Waals surface area contributed by atoms with Crippen molar-refractivity contribution in [2.45, 2.75) is 0 Å². The molecule has 1 saturated heterocycles. The summed E-state index contributed by atoms with van der Waals surface area (Å²) in [7, 11) is 0. The molecule has 0 aliphatic carbocycles. The quantitative estimate of drug-likeness (QED) is 0.425. The van der Waals surface area contributed by atoms with E-state index in [1.807, 2.05) is 6.07 Å². The van der Waals surface area contributed by atoms with Gasteiger partial charge in [0.2, 0.25) is 0 Å². The summed E-state index contributed by atoms with van der Waals surface area (Å²) in [4.78, 5) is 25.2. The summed E-state index contributed by atoms with van der Waals surface area (Å²) in [6.45, 7) is 0.179. The fourth-order valence-corrected chi connectivity index (χ4v) is 3.26. The number of thioether (sulfide) groups is 1. The van der Waals surface area contributed by atoms with Gasteiger partial charge >= 0.3 is 0 Å². The number of hydrogen-bond donors (Lipinski definition) is 0. The van der Waals surface area contributed by atoms with Gasteiger partial charge in [-0.3, -0.25) is 14.5 Å². The molecule has 0 bridgehead atoms. The third-order valence-corrected chi connectivity index (χ3v) is 4.44. The second kappa shape index (κ2) is 7.39. The van der Waals surface area contributed by atoms with Crippen molar-refractivity contribution >= 4 is 51.6 Å². The molecule has 2 amide bonds. The van der Waals surface area contributed by atoms with Crippen LogP contribution in [0.15, 0.2) is 23.1 Å². The molecular formula is C16H10INO3S. The van der Waals surface area contributed by atoms with E-state index in [0.29, 0.717) is 10.7 Å². The van der Waals surface area contributed by atoms with Crippen molar-refractivity contribution < 1.29 is 14.3 Å². The Kier molecular flexibility index (Phi) is 5.53. The monoisotopic (exact) mass is 423 g/mol. The van der Waals surface area contributed by atoms with E-state index in [2.05, 4.69) is 34.4 Å². The lowest BCUT2D eigenvalue weighted by Crippen LogP contribution is -2.28. The first-order valence-electron chi connectivity index (χ1n) is 6.11. The predicted octanol–water partition coefficient (Wildman–Crippen LogP) is 2.97. The van der Waals surface area contributed by atoms with Gasteiger partial charge in [0.15, 0.2) is 0 Å². The second-order valence-corrected chi connectivity index (χ2v) is 6.31. The number of terminal acetylenes is 2. The van der Waals surface area contributed by atoms with E-state index < -0.39 is 0 Å². The normalized spacial score (nSPS) is 15.8. The maximum Gasteiger partial charge on any atom is 0.294 e. The van der Waals surface area contributed by atoms with Gasteiger partial charge < -0.3 is 4.74 Å². The predicted molar refractivity (Wildman–Crippen MR) is 95.0 cm³/mol. The van der Waals surface area contributed by atoms with Crippen LogP contribution in [0, 0.1) is 28.3 Å². The molecule has 1 aromatic carbocycles. The minimum Gasteiger partial charge on any atom is -0.480 e. The number of amides is 2. The summed E-state index contributed by atoms with van der Waals surface area (Å²) in [6.07, 6.45) is 12.0. The first kappa shape index (κ1) is 16.5. The maximum absolute atomic E-state index is 12.1. The molecular weight excluding hydrogens is 413 g/mol.